The fourth-order valence-electron chi connectivity index (χ4n) is 3.46. The van der Waals surface area contributed by atoms with Crippen LogP contribution in [0.15, 0.2) is 24.3 Å². The molecule has 1 heterocycles. The third-order valence-corrected chi connectivity index (χ3v) is 4.82. The molecule has 1 unspecified atom stereocenters. The summed E-state index contributed by atoms with van der Waals surface area (Å²) in [6, 6.07) is 5.35. The molecule has 0 bridgehead atoms. The van der Waals surface area contributed by atoms with E-state index in [1.165, 1.54) is 17.0 Å². The van der Waals surface area contributed by atoms with Gasteiger partial charge in [0.1, 0.15) is 11.9 Å². The highest BCUT2D eigenvalue weighted by molar-refractivity contribution is 6.01. The summed E-state index contributed by atoms with van der Waals surface area (Å²) in [4.78, 5) is 37.0. The third kappa shape index (κ3) is 3.11. The summed E-state index contributed by atoms with van der Waals surface area (Å²) in [7, 11) is 0. The molecule has 1 aliphatic heterocycles. The van der Waals surface area contributed by atoms with Crippen LogP contribution in [0.1, 0.15) is 25.7 Å². The number of carboxylic acid groups (broad SMARTS) is 1. The molecule has 6 nitrogen and oxygen atoms in total. The van der Waals surface area contributed by atoms with Gasteiger partial charge in [-0.1, -0.05) is 12.1 Å². The summed E-state index contributed by atoms with van der Waals surface area (Å²) in [6.45, 7) is 0.340. The van der Waals surface area contributed by atoms with Crippen LogP contribution in [-0.2, 0) is 14.4 Å². The van der Waals surface area contributed by atoms with Gasteiger partial charge in [-0.05, 0) is 37.8 Å². The zero-order valence-electron chi connectivity index (χ0n) is 13.1. The Morgan fingerprint density at radius 2 is 1.88 bits per heavy atom. The maximum Gasteiger partial charge on any atom is 0.306 e. The zero-order chi connectivity index (χ0) is 17.3. The molecule has 0 spiro atoms. The van der Waals surface area contributed by atoms with Crippen LogP contribution in [0.25, 0.3) is 0 Å². The van der Waals surface area contributed by atoms with E-state index in [0.717, 1.165) is 0 Å². The molecule has 1 aliphatic carbocycles. The van der Waals surface area contributed by atoms with Gasteiger partial charge in [0.25, 0.3) is 0 Å². The molecule has 2 amide bonds. The van der Waals surface area contributed by atoms with Crippen LogP contribution in [0.2, 0.25) is 0 Å². The number of hydrogen-bond acceptors (Lipinski definition) is 3. The Hall–Kier alpha value is -2.44. The van der Waals surface area contributed by atoms with E-state index < -0.39 is 23.7 Å². The summed E-state index contributed by atoms with van der Waals surface area (Å²) in [6.07, 6.45) is 1.71. The Kier molecular flexibility index (Phi) is 4.51. The van der Waals surface area contributed by atoms with Gasteiger partial charge in [0.05, 0.1) is 11.6 Å². The first-order valence-electron chi connectivity index (χ1n) is 8.06. The van der Waals surface area contributed by atoms with E-state index in [-0.39, 0.29) is 23.4 Å². The highest BCUT2D eigenvalue weighted by Crippen LogP contribution is 2.31. The molecule has 3 atom stereocenters. The van der Waals surface area contributed by atoms with E-state index in [1.807, 2.05) is 0 Å². The number of anilines is 1. The SMILES string of the molecule is O=C(O)[C@@H]1CC[C@H](C(=O)NC2CCN(c3ccccc3F)C2=O)C1. The van der Waals surface area contributed by atoms with Crippen molar-refractivity contribution in [2.45, 2.75) is 31.7 Å². The number of hydrogen-bond donors (Lipinski definition) is 2. The Morgan fingerprint density at radius 3 is 2.54 bits per heavy atom. The van der Waals surface area contributed by atoms with Crippen LogP contribution in [0, 0.1) is 17.7 Å². The number of benzene rings is 1. The first kappa shape index (κ1) is 16.4. The topological polar surface area (TPSA) is 86.7 Å². The van der Waals surface area contributed by atoms with Gasteiger partial charge in [0.15, 0.2) is 0 Å². The third-order valence-electron chi connectivity index (χ3n) is 4.82. The number of halogens is 1. The van der Waals surface area contributed by atoms with Gasteiger partial charge < -0.3 is 15.3 Å². The van der Waals surface area contributed by atoms with E-state index >= 15 is 0 Å². The second kappa shape index (κ2) is 6.59. The molecule has 0 aromatic heterocycles. The molecule has 3 rings (SSSR count). The van der Waals surface area contributed by atoms with Crippen LogP contribution in [-0.4, -0.2) is 35.5 Å². The van der Waals surface area contributed by atoms with Crippen molar-refractivity contribution < 1.29 is 23.9 Å². The number of carbonyl (C=O) groups is 3. The maximum absolute atomic E-state index is 13.8. The average Bonchev–Trinajstić information content (AvgIpc) is 3.17. The number of carbonyl (C=O) groups excluding carboxylic acids is 2. The maximum atomic E-state index is 13.8. The number of nitrogens with zero attached hydrogens (tertiary/aromatic N) is 1. The fourth-order valence-corrected chi connectivity index (χ4v) is 3.46. The molecular formula is C17H19FN2O4. The van der Waals surface area contributed by atoms with E-state index in [9.17, 15) is 18.8 Å². The second-order valence-electron chi connectivity index (χ2n) is 6.34. The molecule has 1 aromatic carbocycles. The van der Waals surface area contributed by atoms with Gasteiger partial charge in [0, 0.05) is 12.5 Å². The van der Waals surface area contributed by atoms with E-state index in [1.54, 1.807) is 12.1 Å². The molecule has 1 aromatic rings. The van der Waals surface area contributed by atoms with Crippen molar-refractivity contribution in [3.63, 3.8) is 0 Å². The fraction of sp³-hybridized carbons (Fsp3) is 0.471. The van der Waals surface area contributed by atoms with Crippen molar-refractivity contribution in [1.29, 1.82) is 0 Å². The minimum atomic E-state index is -0.882. The standard InChI is InChI=1S/C17H19FN2O4/c18-12-3-1-2-4-14(12)20-8-7-13(16(20)22)19-15(21)10-5-6-11(9-10)17(23)24/h1-4,10-11,13H,5-9H2,(H,19,21)(H,23,24)/t10-,11+,13?/m0/s1. The first-order chi connectivity index (χ1) is 11.5. The number of carboxylic acids is 1. The summed E-state index contributed by atoms with van der Waals surface area (Å²) in [5.41, 5.74) is 0.214. The smallest absolute Gasteiger partial charge is 0.306 e. The lowest BCUT2D eigenvalue weighted by molar-refractivity contribution is -0.141. The predicted octanol–water partition coefficient (Wildman–Crippen LogP) is 1.55. The number of rotatable bonds is 4. The Labute approximate surface area is 138 Å². The lowest BCUT2D eigenvalue weighted by Crippen LogP contribution is -2.43. The molecule has 7 heteroatoms. The summed E-state index contributed by atoms with van der Waals surface area (Å²) in [5.74, 6) is -2.84. The Morgan fingerprint density at radius 1 is 1.17 bits per heavy atom. The number of nitrogens with one attached hydrogen (secondary N) is 1. The summed E-state index contributed by atoms with van der Waals surface area (Å²) >= 11 is 0. The van der Waals surface area contributed by atoms with E-state index in [0.29, 0.717) is 32.2 Å². The molecule has 2 N–H and O–H groups in total. The van der Waals surface area contributed by atoms with Crippen molar-refractivity contribution in [1.82, 2.24) is 5.32 Å². The predicted molar refractivity (Wildman–Crippen MR) is 83.8 cm³/mol. The number of amides is 2. The van der Waals surface area contributed by atoms with E-state index in [4.69, 9.17) is 5.11 Å². The zero-order valence-corrected chi connectivity index (χ0v) is 13.1. The van der Waals surface area contributed by atoms with Gasteiger partial charge >= 0.3 is 5.97 Å². The molecule has 128 valence electrons. The first-order valence-corrected chi connectivity index (χ1v) is 8.06. The van der Waals surface area contributed by atoms with Crippen LogP contribution in [0.5, 0.6) is 0 Å². The van der Waals surface area contributed by atoms with Crippen molar-refractivity contribution in [3.05, 3.63) is 30.1 Å². The van der Waals surface area contributed by atoms with Gasteiger partial charge in [-0.2, -0.15) is 0 Å². The normalized spacial score (nSPS) is 26.6. The lowest BCUT2D eigenvalue weighted by atomic mass is 10.0. The molecule has 2 aliphatic rings. The van der Waals surface area contributed by atoms with Gasteiger partial charge in [-0.15, -0.1) is 0 Å². The minimum absolute atomic E-state index is 0.214. The van der Waals surface area contributed by atoms with Crippen LogP contribution < -0.4 is 10.2 Å². The summed E-state index contributed by atoms with van der Waals surface area (Å²) in [5, 5.41) is 11.7. The highest BCUT2D eigenvalue weighted by Gasteiger charge is 2.38. The molecule has 0 radical (unpaired) electrons. The second-order valence-corrected chi connectivity index (χ2v) is 6.34. The Balaban J connectivity index is 1.61. The molecular weight excluding hydrogens is 315 g/mol. The minimum Gasteiger partial charge on any atom is -0.481 e. The summed E-state index contributed by atoms with van der Waals surface area (Å²) < 4.78 is 13.8. The molecule has 2 fully saturated rings. The van der Waals surface area contributed by atoms with Crippen LogP contribution >= 0.6 is 0 Å². The molecule has 1 saturated heterocycles. The van der Waals surface area contributed by atoms with Crippen LogP contribution in [0.3, 0.4) is 0 Å². The number of para-hydroxylation sites is 1. The quantitative estimate of drug-likeness (QED) is 0.875. The monoisotopic (exact) mass is 334 g/mol. The van der Waals surface area contributed by atoms with Crippen molar-refractivity contribution >= 4 is 23.5 Å². The van der Waals surface area contributed by atoms with E-state index in [2.05, 4.69) is 5.32 Å². The largest absolute Gasteiger partial charge is 0.481 e. The van der Waals surface area contributed by atoms with Crippen molar-refractivity contribution in [3.8, 4) is 0 Å². The van der Waals surface area contributed by atoms with Crippen molar-refractivity contribution in [2.24, 2.45) is 11.8 Å². The Bertz CT molecular complexity index is 678. The van der Waals surface area contributed by atoms with Gasteiger partial charge in [0.2, 0.25) is 11.8 Å². The van der Waals surface area contributed by atoms with Gasteiger partial charge in [-0.3, -0.25) is 14.4 Å². The average molecular weight is 334 g/mol. The van der Waals surface area contributed by atoms with Crippen molar-refractivity contribution in [2.75, 3.05) is 11.4 Å². The lowest BCUT2D eigenvalue weighted by Gasteiger charge is -2.19. The molecule has 1 saturated carbocycles. The number of aliphatic carboxylic acids is 1. The highest BCUT2D eigenvalue weighted by atomic mass is 19.1. The molecule has 24 heavy (non-hydrogen) atoms. The van der Waals surface area contributed by atoms with Gasteiger partial charge in [-0.25, -0.2) is 4.39 Å². The van der Waals surface area contributed by atoms with Crippen LogP contribution in [0.4, 0.5) is 10.1 Å².